The summed E-state index contributed by atoms with van der Waals surface area (Å²) < 4.78 is 32.5. The van der Waals surface area contributed by atoms with Gasteiger partial charge in [0.15, 0.2) is 0 Å². The molecule has 0 heterocycles. The zero-order valence-electron chi connectivity index (χ0n) is 18.2. The highest BCUT2D eigenvalue weighted by molar-refractivity contribution is 7.89. The van der Waals surface area contributed by atoms with E-state index in [0.717, 1.165) is 12.8 Å². The van der Waals surface area contributed by atoms with E-state index in [1.807, 2.05) is 6.92 Å². The molecule has 2 amide bonds. The number of anilines is 2. The van der Waals surface area contributed by atoms with Gasteiger partial charge in [-0.1, -0.05) is 13.3 Å². The third-order valence-corrected chi connectivity index (χ3v) is 5.89. The first-order chi connectivity index (χ1) is 15.1. The number of sulfonamides is 1. The first kappa shape index (κ1) is 25.0. The van der Waals surface area contributed by atoms with E-state index in [2.05, 4.69) is 15.4 Å². The van der Waals surface area contributed by atoms with Gasteiger partial charge in [-0.05, 0) is 61.9 Å². The predicted octanol–water partition coefficient (Wildman–Crippen LogP) is 2.91. The Kier molecular flexibility index (Phi) is 8.91. The molecule has 0 spiro atoms. The molecule has 0 saturated carbocycles. The lowest BCUT2D eigenvalue weighted by Gasteiger charge is -2.15. The lowest BCUT2D eigenvalue weighted by molar-refractivity contribution is -0.117. The fourth-order valence-electron chi connectivity index (χ4n) is 2.61. The van der Waals surface area contributed by atoms with Crippen LogP contribution in [0.4, 0.5) is 11.4 Å². The molecule has 2 rings (SSSR count). The van der Waals surface area contributed by atoms with Crippen LogP contribution in [-0.4, -0.2) is 38.9 Å². The molecule has 3 N–H and O–H groups in total. The molecule has 0 fully saturated rings. The number of hydrogen-bond donors (Lipinski definition) is 3. The van der Waals surface area contributed by atoms with Gasteiger partial charge in [0.1, 0.15) is 0 Å². The van der Waals surface area contributed by atoms with Crippen molar-refractivity contribution in [2.24, 2.45) is 0 Å². The second kappa shape index (κ2) is 11.4. The van der Waals surface area contributed by atoms with Crippen molar-refractivity contribution in [3.05, 3.63) is 54.1 Å². The molecule has 172 valence electrons. The highest BCUT2D eigenvalue weighted by Gasteiger charge is 2.22. The van der Waals surface area contributed by atoms with Crippen molar-refractivity contribution < 1.29 is 27.5 Å². The van der Waals surface area contributed by atoms with Crippen molar-refractivity contribution in [1.82, 2.24) is 4.72 Å². The van der Waals surface area contributed by atoms with Crippen LogP contribution in [0.2, 0.25) is 0 Å². The number of hydrogen-bond acceptors (Lipinski definition) is 6. The summed E-state index contributed by atoms with van der Waals surface area (Å²) >= 11 is 0. The molecule has 0 radical (unpaired) electrons. The van der Waals surface area contributed by atoms with Crippen molar-refractivity contribution >= 4 is 39.2 Å². The van der Waals surface area contributed by atoms with Gasteiger partial charge in [0.05, 0.1) is 23.1 Å². The summed E-state index contributed by atoms with van der Waals surface area (Å²) in [5, 5.41) is 5.15. The summed E-state index contributed by atoms with van der Waals surface area (Å²) in [5.41, 5.74) is 1.22. The molecule has 2 aromatic rings. The van der Waals surface area contributed by atoms with E-state index < -0.39 is 27.9 Å². The number of carbonyl (C=O) groups is 3. The lowest BCUT2D eigenvalue weighted by atomic mass is 10.2. The maximum atomic E-state index is 12.5. The Morgan fingerprint density at radius 3 is 2.06 bits per heavy atom. The van der Waals surface area contributed by atoms with Gasteiger partial charge in [-0.3, -0.25) is 9.59 Å². The maximum Gasteiger partial charge on any atom is 0.338 e. The van der Waals surface area contributed by atoms with Crippen LogP contribution in [0.5, 0.6) is 0 Å². The Bertz CT molecular complexity index is 1050. The molecule has 0 aromatic heterocycles. The van der Waals surface area contributed by atoms with E-state index in [9.17, 15) is 22.8 Å². The average molecular weight is 462 g/mol. The number of unbranched alkanes of at least 4 members (excludes halogenated alkanes) is 1. The molecule has 0 aliphatic heterocycles. The van der Waals surface area contributed by atoms with E-state index >= 15 is 0 Å². The summed E-state index contributed by atoms with van der Waals surface area (Å²) in [4.78, 5) is 35.3. The van der Waals surface area contributed by atoms with Gasteiger partial charge in [-0.25, -0.2) is 13.2 Å². The number of carbonyl (C=O) groups excluding carboxylic acids is 3. The Morgan fingerprint density at radius 2 is 1.50 bits per heavy atom. The molecular formula is C22H27N3O6S. The van der Waals surface area contributed by atoms with Gasteiger partial charge in [0, 0.05) is 18.3 Å². The highest BCUT2D eigenvalue weighted by Crippen LogP contribution is 2.15. The average Bonchev–Trinajstić information content (AvgIpc) is 2.74. The Labute approximate surface area is 187 Å². The van der Waals surface area contributed by atoms with Crippen molar-refractivity contribution in [2.45, 2.75) is 44.6 Å². The number of rotatable bonds is 10. The summed E-state index contributed by atoms with van der Waals surface area (Å²) in [7, 11) is -3.96. The van der Waals surface area contributed by atoms with E-state index in [1.165, 1.54) is 62.4 Å². The highest BCUT2D eigenvalue weighted by atomic mass is 32.2. The van der Waals surface area contributed by atoms with Crippen LogP contribution in [0.25, 0.3) is 0 Å². The molecule has 32 heavy (non-hydrogen) atoms. The third-order valence-electron chi connectivity index (χ3n) is 4.33. The fourth-order valence-corrected chi connectivity index (χ4v) is 3.81. The second-order valence-electron chi connectivity index (χ2n) is 7.10. The molecule has 10 heteroatoms. The predicted molar refractivity (Wildman–Crippen MR) is 121 cm³/mol. The molecule has 0 unspecified atom stereocenters. The summed E-state index contributed by atoms with van der Waals surface area (Å²) in [6, 6.07) is 10.6. The summed E-state index contributed by atoms with van der Waals surface area (Å²) in [5.74, 6) is -1.28. The van der Waals surface area contributed by atoms with Crippen LogP contribution in [0, 0.1) is 0 Å². The summed E-state index contributed by atoms with van der Waals surface area (Å²) in [6.07, 6.45) is 1.70. The Balaban J connectivity index is 1.95. The number of ether oxygens (including phenoxy) is 1. The largest absolute Gasteiger partial charge is 0.462 e. The number of esters is 1. The number of amides is 2. The number of benzene rings is 2. The smallest absolute Gasteiger partial charge is 0.338 e. The molecule has 0 aliphatic carbocycles. The Hall–Kier alpha value is -3.24. The van der Waals surface area contributed by atoms with Crippen LogP contribution >= 0.6 is 0 Å². The normalized spacial score (nSPS) is 12.0. The van der Waals surface area contributed by atoms with Crippen LogP contribution < -0.4 is 15.4 Å². The van der Waals surface area contributed by atoms with E-state index in [0.29, 0.717) is 23.5 Å². The Morgan fingerprint density at radius 1 is 0.938 bits per heavy atom. The molecule has 2 aromatic carbocycles. The van der Waals surface area contributed by atoms with E-state index in [4.69, 9.17) is 4.74 Å². The zero-order valence-corrected chi connectivity index (χ0v) is 19.0. The minimum absolute atomic E-state index is 0.0443. The standard InChI is InChI=1S/C22H27N3O6S/c1-4-5-14-31-22(28)17-6-8-19(9-7-17)24-21(27)15(2)25-32(29,30)20-12-10-18(11-13-20)23-16(3)26/h6-13,15,25H,4-5,14H2,1-3H3,(H,23,26)(H,24,27)/t15-/m0/s1. The van der Waals surface area contributed by atoms with Gasteiger partial charge in [-0.15, -0.1) is 0 Å². The molecular weight excluding hydrogens is 434 g/mol. The SMILES string of the molecule is CCCCOC(=O)c1ccc(NC(=O)[C@H](C)NS(=O)(=O)c2ccc(NC(C)=O)cc2)cc1. The first-order valence-electron chi connectivity index (χ1n) is 10.1. The van der Waals surface area contributed by atoms with Crippen molar-refractivity contribution in [3.8, 4) is 0 Å². The van der Waals surface area contributed by atoms with E-state index in [1.54, 1.807) is 0 Å². The topological polar surface area (TPSA) is 131 Å². The van der Waals surface area contributed by atoms with Gasteiger partial charge in [-0.2, -0.15) is 4.72 Å². The van der Waals surface area contributed by atoms with Crippen LogP contribution in [0.15, 0.2) is 53.4 Å². The fraction of sp³-hybridized carbons (Fsp3) is 0.318. The first-order valence-corrected chi connectivity index (χ1v) is 11.6. The number of nitrogens with one attached hydrogen (secondary N) is 3. The van der Waals surface area contributed by atoms with Crippen molar-refractivity contribution in [1.29, 1.82) is 0 Å². The van der Waals surface area contributed by atoms with Gasteiger partial charge in [0.2, 0.25) is 21.8 Å². The molecule has 0 saturated heterocycles. The van der Waals surface area contributed by atoms with Crippen LogP contribution in [0.1, 0.15) is 44.0 Å². The van der Waals surface area contributed by atoms with Crippen molar-refractivity contribution in [3.63, 3.8) is 0 Å². The van der Waals surface area contributed by atoms with E-state index in [-0.39, 0.29) is 10.8 Å². The minimum Gasteiger partial charge on any atom is -0.462 e. The second-order valence-corrected chi connectivity index (χ2v) is 8.82. The van der Waals surface area contributed by atoms with Crippen LogP contribution in [-0.2, 0) is 24.3 Å². The van der Waals surface area contributed by atoms with Gasteiger partial charge in [0.25, 0.3) is 0 Å². The maximum absolute atomic E-state index is 12.5. The van der Waals surface area contributed by atoms with Crippen LogP contribution in [0.3, 0.4) is 0 Å². The molecule has 0 bridgehead atoms. The lowest BCUT2D eigenvalue weighted by Crippen LogP contribution is -2.41. The monoisotopic (exact) mass is 461 g/mol. The molecule has 0 aliphatic rings. The van der Waals surface area contributed by atoms with Gasteiger partial charge < -0.3 is 15.4 Å². The summed E-state index contributed by atoms with van der Waals surface area (Å²) in [6.45, 7) is 5.11. The third kappa shape index (κ3) is 7.47. The van der Waals surface area contributed by atoms with Gasteiger partial charge >= 0.3 is 5.97 Å². The van der Waals surface area contributed by atoms with Crippen molar-refractivity contribution in [2.75, 3.05) is 17.2 Å². The minimum atomic E-state index is -3.96. The quantitative estimate of drug-likeness (QED) is 0.368. The zero-order chi connectivity index (χ0) is 23.7. The molecule has 1 atom stereocenters. The molecule has 9 nitrogen and oxygen atoms in total.